The highest BCUT2D eigenvalue weighted by atomic mass is 16.1. The van der Waals surface area contributed by atoms with Crippen LogP contribution in [-0.2, 0) is 4.79 Å². The second-order valence-electron chi connectivity index (χ2n) is 4.49. The van der Waals surface area contributed by atoms with Gasteiger partial charge in [-0.15, -0.1) is 0 Å². The van der Waals surface area contributed by atoms with Crippen LogP contribution >= 0.6 is 0 Å². The minimum Gasteiger partial charge on any atom is -0.299 e. The second kappa shape index (κ2) is 4.60. The van der Waals surface area contributed by atoms with Crippen molar-refractivity contribution in [2.45, 2.75) is 33.1 Å². The highest BCUT2D eigenvalue weighted by molar-refractivity contribution is 6.06. The first-order valence-electron chi connectivity index (χ1n) is 5.81. The highest BCUT2D eigenvalue weighted by Crippen LogP contribution is 2.26. The van der Waals surface area contributed by atoms with Crippen LogP contribution in [0.3, 0.4) is 0 Å². The van der Waals surface area contributed by atoms with Gasteiger partial charge in [-0.05, 0) is 45.2 Å². The van der Waals surface area contributed by atoms with Crippen molar-refractivity contribution in [3.8, 4) is 0 Å². The largest absolute Gasteiger partial charge is 0.299 e. The molecular formula is C14H17NO. The van der Waals surface area contributed by atoms with Gasteiger partial charge in [0.2, 0.25) is 0 Å². The molecule has 1 aliphatic rings. The predicted octanol–water partition coefficient (Wildman–Crippen LogP) is 3.46. The van der Waals surface area contributed by atoms with E-state index in [1.807, 2.05) is 12.1 Å². The fraction of sp³-hybridized carbons (Fsp3) is 0.429. The summed E-state index contributed by atoms with van der Waals surface area (Å²) in [5.74, 6) is 0.324. The van der Waals surface area contributed by atoms with Gasteiger partial charge in [-0.3, -0.25) is 9.79 Å². The number of benzene rings is 1. The van der Waals surface area contributed by atoms with Crippen molar-refractivity contribution in [1.29, 1.82) is 0 Å². The molecular weight excluding hydrogens is 198 g/mol. The molecule has 1 aromatic carbocycles. The van der Waals surface area contributed by atoms with Gasteiger partial charge in [0.25, 0.3) is 0 Å². The van der Waals surface area contributed by atoms with Gasteiger partial charge in [-0.1, -0.05) is 17.7 Å². The van der Waals surface area contributed by atoms with E-state index in [0.717, 1.165) is 30.7 Å². The van der Waals surface area contributed by atoms with E-state index in [0.29, 0.717) is 0 Å². The summed E-state index contributed by atoms with van der Waals surface area (Å²) in [5, 5.41) is 0. The fourth-order valence-electron chi connectivity index (χ4n) is 2.18. The maximum atomic E-state index is 11.4. The van der Waals surface area contributed by atoms with Crippen LogP contribution in [0.1, 0.15) is 31.7 Å². The van der Waals surface area contributed by atoms with Crippen LogP contribution < -0.4 is 0 Å². The van der Waals surface area contributed by atoms with Gasteiger partial charge in [0.05, 0.1) is 11.6 Å². The highest BCUT2D eigenvalue weighted by Gasteiger charge is 2.26. The fourth-order valence-corrected chi connectivity index (χ4v) is 2.18. The van der Waals surface area contributed by atoms with Crippen molar-refractivity contribution in [1.82, 2.24) is 0 Å². The Morgan fingerprint density at radius 2 is 2.00 bits per heavy atom. The lowest BCUT2D eigenvalue weighted by molar-refractivity contribution is -0.118. The van der Waals surface area contributed by atoms with Crippen molar-refractivity contribution in [2.24, 2.45) is 10.9 Å². The zero-order valence-corrected chi connectivity index (χ0v) is 9.86. The molecule has 2 rings (SSSR count). The molecule has 0 amide bonds. The molecule has 84 valence electrons. The molecule has 0 aromatic heterocycles. The summed E-state index contributed by atoms with van der Waals surface area (Å²) in [6.07, 6.45) is 3.03. The SMILES string of the molecule is CC(=O)C1CCCC1=Nc1ccc(C)cc1. The molecule has 1 saturated carbocycles. The number of carbonyl (C=O) groups is 1. The van der Waals surface area contributed by atoms with E-state index >= 15 is 0 Å². The number of nitrogens with zero attached hydrogens (tertiary/aromatic N) is 1. The summed E-state index contributed by atoms with van der Waals surface area (Å²) in [6.45, 7) is 3.73. The van der Waals surface area contributed by atoms with Gasteiger partial charge in [0.1, 0.15) is 5.78 Å². The molecule has 2 heteroatoms. The Balaban J connectivity index is 2.23. The molecule has 1 unspecified atom stereocenters. The Bertz CT molecular complexity index is 417. The van der Waals surface area contributed by atoms with Crippen molar-refractivity contribution < 1.29 is 4.79 Å². The molecule has 0 spiro atoms. The molecule has 16 heavy (non-hydrogen) atoms. The van der Waals surface area contributed by atoms with Crippen molar-refractivity contribution in [3.63, 3.8) is 0 Å². The van der Waals surface area contributed by atoms with E-state index in [1.54, 1.807) is 6.92 Å². The van der Waals surface area contributed by atoms with Crippen LogP contribution in [-0.4, -0.2) is 11.5 Å². The average molecular weight is 215 g/mol. The summed E-state index contributed by atoms with van der Waals surface area (Å²) in [5.41, 5.74) is 3.27. The minimum absolute atomic E-state index is 0.0707. The van der Waals surface area contributed by atoms with E-state index in [1.165, 1.54) is 5.56 Å². The number of ketones is 1. The Morgan fingerprint density at radius 3 is 2.62 bits per heavy atom. The van der Waals surface area contributed by atoms with Crippen LogP contribution in [0, 0.1) is 12.8 Å². The van der Waals surface area contributed by atoms with Crippen LogP contribution in [0.25, 0.3) is 0 Å². The van der Waals surface area contributed by atoms with Crippen molar-refractivity contribution >= 4 is 17.2 Å². The smallest absolute Gasteiger partial charge is 0.138 e. The van der Waals surface area contributed by atoms with Crippen molar-refractivity contribution in [3.05, 3.63) is 29.8 Å². The molecule has 1 aromatic rings. The monoisotopic (exact) mass is 215 g/mol. The standard InChI is InChI=1S/C14H17NO/c1-10-6-8-12(9-7-10)15-14-5-3-4-13(14)11(2)16/h6-9,13H,3-5H2,1-2H3. The number of aliphatic imine (C=N–C) groups is 1. The predicted molar refractivity (Wildman–Crippen MR) is 66.3 cm³/mol. The van der Waals surface area contributed by atoms with E-state index in [2.05, 4.69) is 24.0 Å². The van der Waals surface area contributed by atoms with Crippen LogP contribution in [0.4, 0.5) is 5.69 Å². The molecule has 0 aliphatic heterocycles. The zero-order valence-electron chi connectivity index (χ0n) is 9.86. The molecule has 2 nitrogen and oxygen atoms in total. The summed E-state index contributed by atoms with van der Waals surface area (Å²) < 4.78 is 0. The Kier molecular flexibility index (Phi) is 3.18. The number of rotatable bonds is 2. The minimum atomic E-state index is 0.0707. The van der Waals surface area contributed by atoms with Gasteiger partial charge in [-0.2, -0.15) is 0 Å². The molecule has 0 bridgehead atoms. The van der Waals surface area contributed by atoms with Crippen molar-refractivity contribution in [2.75, 3.05) is 0 Å². The van der Waals surface area contributed by atoms with Crippen LogP contribution in [0.2, 0.25) is 0 Å². The van der Waals surface area contributed by atoms with Gasteiger partial charge < -0.3 is 0 Å². The zero-order chi connectivity index (χ0) is 11.5. The normalized spacial score (nSPS) is 22.6. The molecule has 0 radical (unpaired) electrons. The summed E-state index contributed by atoms with van der Waals surface area (Å²) >= 11 is 0. The molecule has 1 atom stereocenters. The van der Waals surface area contributed by atoms with E-state index < -0.39 is 0 Å². The van der Waals surface area contributed by atoms with Crippen LogP contribution in [0.5, 0.6) is 0 Å². The summed E-state index contributed by atoms with van der Waals surface area (Å²) in [7, 11) is 0. The van der Waals surface area contributed by atoms with Gasteiger partial charge in [0, 0.05) is 5.71 Å². The molecule has 0 saturated heterocycles. The maximum absolute atomic E-state index is 11.4. The molecule has 1 aliphatic carbocycles. The lowest BCUT2D eigenvalue weighted by atomic mass is 10.0. The lowest BCUT2D eigenvalue weighted by Gasteiger charge is -2.06. The third-order valence-electron chi connectivity index (χ3n) is 3.13. The molecule has 0 heterocycles. The Morgan fingerprint density at radius 1 is 1.31 bits per heavy atom. The van der Waals surface area contributed by atoms with Gasteiger partial charge in [0.15, 0.2) is 0 Å². The molecule has 1 fully saturated rings. The van der Waals surface area contributed by atoms with E-state index in [9.17, 15) is 4.79 Å². The molecule has 0 N–H and O–H groups in total. The van der Waals surface area contributed by atoms with Gasteiger partial charge in [-0.25, -0.2) is 0 Å². The second-order valence-corrected chi connectivity index (χ2v) is 4.49. The van der Waals surface area contributed by atoms with E-state index in [4.69, 9.17) is 0 Å². The third kappa shape index (κ3) is 2.38. The van der Waals surface area contributed by atoms with Crippen LogP contribution in [0.15, 0.2) is 29.3 Å². The Hall–Kier alpha value is -1.44. The Labute approximate surface area is 96.4 Å². The lowest BCUT2D eigenvalue weighted by Crippen LogP contribution is -2.15. The first-order chi connectivity index (χ1) is 7.66. The van der Waals surface area contributed by atoms with Gasteiger partial charge >= 0.3 is 0 Å². The quantitative estimate of drug-likeness (QED) is 0.743. The maximum Gasteiger partial charge on any atom is 0.138 e. The average Bonchev–Trinajstić information content (AvgIpc) is 2.69. The third-order valence-corrected chi connectivity index (χ3v) is 3.13. The summed E-state index contributed by atoms with van der Waals surface area (Å²) in [6, 6.07) is 8.13. The number of hydrogen-bond acceptors (Lipinski definition) is 2. The number of hydrogen-bond donors (Lipinski definition) is 0. The number of Topliss-reactive ketones (excluding diaryl/α,β-unsaturated/α-hetero) is 1. The number of aryl methyl sites for hydroxylation is 1. The first kappa shape index (κ1) is 11.1. The van der Waals surface area contributed by atoms with E-state index in [-0.39, 0.29) is 11.7 Å². The summed E-state index contributed by atoms with van der Waals surface area (Å²) in [4.78, 5) is 16.0. The first-order valence-corrected chi connectivity index (χ1v) is 5.81. The topological polar surface area (TPSA) is 29.4 Å². The number of carbonyl (C=O) groups excluding carboxylic acids is 1.